The van der Waals surface area contributed by atoms with Gasteiger partial charge in [-0.2, -0.15) is 43.8 Å². The molecule has 9 aromatic heterocycles. The van der Waals surface area contributed by atoms with E-state index in [4.69, 9.17) is 25.7 Å². The van der Waals surface area contributed by atoms with E-state index in [1.165, 1.54) is 12.5 Å². The van der Waals surface area contributed by atoms with Crippen LogP contribution in [0.5, 0.6) is 0 Å². The molecule has 6 aliphatic rings. The van der Waals surface area contributed by atoms with Gasteiger partial charge in [-0.25, -0.2) is 38.3 Å². The van der Waals surface area contributed by atoms with Crippen molar-refractivity contribution >= 4 is 27.3 Å². The SMILES string of the molecule is Cn1cc(-c2cccc(-c3ncc(-c4cnn(C)c4)c(NC45CC(CS(C)(=O)=O)(C4)C5)n3)c2)cn1.Cn1cc(-c2cccc(-c3ncc(-c4cnn(C)c4)c(NC45CC(N)(C4)C5)n3)c2)cn1.Cn1cc(-c2cccc(-c3ncc(-c4cnn(C)c4)c(NCC(F)(F)F)n3)c2)cn1. The van der Waals surface area contributed by atoms with Gasteiger partial charge in [0, 0.05) is 188 Å². The Labute approximate surface area is 550 Å². The molecule has 490 valence electrons. The molecular formula is C68H69F3N22O2S. The van der Waals surface area contributed by atoms with Crippen LogP contribution in [0.2, 0.25) is 0 Å². The second-order valence-corrected chi connectivity index (χ2v) is 28.4. The lowest BCUT2D eigenvalue weighted by molar-refractivity contribution is -0.115. The van der Waals surface area contributed by atoms with Crippen LogP contribution < -0.4 is 21.7 Å². The molecule has 9 heterocycles. The number of sulfone groups is 1. The maximum atomic E-state index is 12.8. The molecule has 0 radical (unpaired) electrons. The maximum absolute atomic E-state index is 12.8. The molecule has 0 unspecified atom stereocenters. The van der Waals surface area contributed by atoms with Crippen molar-refractivity contribution in [1.82, 2.24) is 88.6 Å². The van der Waals surface area contributed by atoms with Crippen molar-refractivity contribution in [3.05, 3.63) is 166 Å². The second kappa shape index (κ2) is 23.9. The first-order valence-corrected chi connectivity index (χ1v) is 33.1. The number of aryl methyl sites for hydroxylation is 6. The predicted octanol–water partition coefficient (Wildman–Crippen LogP) is 10.2. The molecule has 6 saturated carbocycles. The van der Waals surface area contributed by atoms with E-state index in [1.54, 1.807) is 59.9 Å². The minimum atomic E-state index is -4.38. The van der Waals surface area contributed by atoms with Crippen molar-refractivity contribution in [3.63, 3.8) is 0 Å². The number of alkyl halides is 3. The van der Waals surface area contributed by atoms with Crippen molar-refractivity contribution < 1.29 is 21.6 Å². The summed E-state index contributed by atoms with van der Waals surface area (Å²) in [5.74, 6) is 3.58. The standard InChI is InChI=1S/C25H27N7O2S.C23H24N8.C20H18F3N7/c1-31-11-19(8-27-31)17-5-4-6-18(7-17)22-26-10-21(20-9-28-32(2)12-20)23(29-22)30-25-13-24(14-25,15-25)16-35(3,33)34;1-30-10-17(7-26-30)15-4-3-5-16(6-15)20-25-9-19(18-8-27-31(2)11-18)21(28-20)29-23-12-22(24,13-23)14-23;1-29-10-15(7-26-29)13-4-3-5-14(6-13)18-24-9-17(16-8-27-30(2)11-16)19(28-18)25-12-20(21,22)23/h4-12H,13-16H2,1-3H3,(H,26,29,30);3-11H,12-14,24H2,1-2H3,(H,25,28,29);3-11H,12H2,1-2H3,(H,24,25,28). The number of halogens is 3. The zero-order chi connectivity index (χ0) is 66.9. The van der Waals surface area contributed by atoms with E-state index in [0.29, 0.717) is 34.2 Å². The number of hydrogen-bond donors (Lipinski definition) is 4. The van der Waals surface area contributed by atoms with E-state index < -0.39 is 22.6 Å². The number of nitrogens with zero attached hydrogens (tertiary/aromatic N) is 18. The van der Waals surface area contributed by atoms with Crippen LogP contribution >= 0.6 is 0 Å². The molecule has 12 aromatic rings. The highest BCUT2D eigenvalue weighted by atomic mass is 32.2. The third-order valence-corrected chi connectivity index (χ3v) is 19.0. The minimum Gasteiger partial charge on any atom is -0.364 e. The summed E-state index contributed by atoms with van der Waals surface area (Å²) in [4.78, 5) is 28.1. The molecule has 3 aromatic carbocycles. The van der Waals surface area contributed by atoms with Gasteiger partial charge in [-0.05, 0) is 78.8 Å². The Kier molecular flexibility index (Phi) is 15.6. The zero-order valence-corrected chi connectivity index (χ0v) is 54.5. The van der Waals surface area contributed by atoms with E-state index in [9.17, 15) is 21.6 Å². The molecule has 0 amide bonds. The predicted molar refractivity (Wildman–Crippen MR) is 360 cm³/mol. The molecule has 6 fully saturated rings. The Bertz CT molecular complexity index is 4980. The van der Waals surface area contributed by atoms with E-state index >= 15 is 0 Å². The monoisotopic (exact) mass is 1310 g/mol. The Morgan fingerprint density at radius 1 is 0.438 bits per heavy atom. The summed E-state index contributed by atoms with van der Waals surface area (Å²) in [6.45, 7) is -1.20. The largest absolute Gasteiger partial charge is 0.405 e. The Balaban J connectivity index is 0.000000124. The molecule has 4 bridgehead atoms. The third kappa shape index (κ3) is 13.2. The minimum absolute atomic E-state index is 0.0232. The Morgan fingerprint density at radius 2 is 0.740 bits per heavy atom. The van der Waals surface area contributed by atoms with Crippen molar-refractivity contribution in [2.24, 2.45) is 53.4 Å². The number of benzene rings is 3. The summed E-state index contributed by atoms with van der Waals surface area (Å²) >= 11 is 0. The van der Waals surface area contributed by atoms with Crippen LogP contribution in [0.1, 0.15) is 38.5 Å². The topological polar surface area (TPSA) is 281 Å². The van der Waals surface area contributed by atoms with Crippen LogP contribution in [0, 0.1) is 5.41 Å². The molecular weight excluding hydrogens is 1250 g/mol. The molecule has 28 heteroatoms. The third-order valence-electron chi connectivity index (χ3n) is 17.9. The van der Waals surface area contributed by atoms with Crippen molar-refractivity contribution in [1.29, 1.82) is 0 Å². The number of rotatable bonds is 17. The first-order valence-electron chi connectivity index (χ1n) is 31.0. The summed E-state index contributed by atoms with van der Waals surface area (Å²) in [7, 11) is 8.17. The van der Waals surface area contributed by atoms with Crippen molar-refractivity contribution in [2.45, 2.75) is 61.3 Å². The van der Waals surface area contributed by atoms with Gasteiger partial charge in [0.1, 0.15) is 33.8 Å². The Hall–Kier alpha value is -10.7. The molecule has 5 N–H and O–H groups in total. The highest BCUT2D eigenvalue weighted by Crippen LogP contribution is 2.69. The van der Waals surface area contributed by atoms with Gasteiger partial charge in [0.05, 0.1) is 42.9 Å². The van der Waals surface area contributed by atoms with Crippen LogP contribution in [0.3, 0.4) is 0 Å². The summed E-state index contributed by atoms with van der Waals surface area (Å²) in [6, 6.07) is 23.8. The quantitative estimate of drug-likeness (QED) is 0.0659. The smallest absolute Gasteiger partial charge is 0.364 e. The maximum Gasteiger partial charge on any atom is 0.405 e. The van der Waals surface area contributed by atoms with Crippen LogP contribution in [-0.2, 0) is 52.1 Å². The lowest BCUT2D eigenvalue weighted by Crippen LogP contribution is -2.79. The van der Waals surface area contributed by atoms with Gasteiger partial charge in [-0.3, -0.25) is 28.1 Å². The van der Waals surface area contributed by atoms with E-state index in [1.807, 2.05) is 152 Å². The van der Waals surface area contributed by atoms with E-state index in [-0.39, 0.29) is 33.6 Å². The average molecular weight is 1320 g/mol. The van der Waals surface area contributed by atoms with Crippen LogP contribution in [0.25, 0.3) is 101 Å². The Morgan fingerprint density at radius 3 is 1.04 bits per heavy atom. The first kappa shape index (κ1) is 62.7. The fourth-order valence-corrected chi connectivity index (χ4v) is 15.4. The molecule has 18 rings (SSSR count). The van der Waals surface area contributed by atoms with Gasteiger partial charge < -0.3 is 21.7 Å². The zero-order valence-electron chi connectivity index (χ0n) is 53.7. The summed E-state index contributed by atoms with van der Waals surface area (Å²) in [5, 5.41) is 35.2. The second-order valence-electron chi connectivity index (χ2n) is 26.3. The molecule has 0 saturated heterocycles. The molecule has 6 aliphatic carbocycles. The molecule has 0 atom stereocenters. The molecule has 24 nitrogen and oxygen atoms in total. The number of anilines is 3. The van der Waals surface area contributed by atoms with Gasteiger partial charge in [-0.15, -0.1) is 0 Å². The highest BCUT2D eigenvalue weighted by Gasteiger charge is 2.69. The van der Waals surface area contributed by atoms with Crippen molar-refractivity contribution in [3.8, 4) is 101 Å². The first-order chi connectivity index (χ1) is 45.8. The van der Waals surface area contributed by atoms with Crippen LogP contribution in [0.15, 0.2) is 166 Å². The molecule has 0 spiro atoms. The van der Waals surface area contributed by atoms with Crippen LogP contribution in [0.4, 0.5) is 30.6 Å². The van der Waals surface area contributed by atoms with Gasteiger partial charge >= 0.3 is 6.18 Å². The lowest BCUT2D eigenvalue weighted by Gasteiger charge is -2.70. The summed E-state index contributed by atoms with van der Waals surface area (Å²) < 4.78 is 72.5. The summed E-state index contributed by atoms with van der Waals surface area (Å²) in [6.07, 6.45) is 29.8. The fraction of sp³-hybridized carbons (Fsp3) is 0.294. The van der Waals surface area contributed by atoms with Gasteiger partial charge in [0.25, 0.3) is 0 Å². The molecule has 0 aliphatic heterocycles. The normalized spacial score (nSPS) is 19.7. The van der Waals surface area contributed by atoms with Gasteiger partial charge in [-0.1, -0.05) is 54.6 Å². The van der Waals surface area contributed by atoms with E-state index in [2.05, 4.69) is 74.7 Å². The van der Waals surface area contributed by atoms with Gasteiger partial charge in [0.2, 0.25) is 0 Å². The number of hydrogen-bond acceptors (Lipinski definition) is 18. The fourth-order valence-electron chi connectivity index (χ4n) is 14.0. The number of nitrogens with one attached hydrogen (secondary N) is 3. The van der Waals surface area contributed by atoms with Crippen molar-refractivity contribution in [2.75, 3.05) is 34.5 Å². The highest BCUT2D eigenvalue weighted by molar-refractivity contribution is 7.90. The van der Waals surface area contributed by atoms with Crippen LogP contribution in [-0.4, -0.2) is 138 Å². The van der Waals surface area contributed by atoms with E-state index in [0.717, 1.165) is 117 Å². The van der Waals surface area contributed by atoms with Gasteiger partial charge in [0.15, 0.2) is 17.5 Å². The number of nitrogens with two attached hydrogens (primary N) is 1. The number of aromatic nitrogens is 18. The lowest BCUT2D eigenvalue weighted by atomic mass is 9.40. The molecule has 96 heavy (non-hydrogen) atoms. The average Bonchev–Trinajstić information content (AvgIpc) is 1.67. The summed E-state index contributed by atoms with van der Waals surface area (Å²) in [5.41, 5.74) is 19.6.